The van der Waals surface area contributed by atoms with Crippen LogP contribution in [0, 0.1) is 0 Å². The molecule has 0 spiro atoms. The van der Waals surface area contributed by atoms with Crippen molar-refractivity contribution in [1.29, 1.82) is 0 Å². The maximum atomic E-state index is 5.01. The molecule has 0 saturated heterocycles. The van der Waals surface area contributed by atoms with Gasteiger partial charge >= 0.3 is 0 Å². The molecular weight excluding hydrogens is 214 g/mol. The number of anilines is 2. The lowest BCUT2D eigenvalue weighted by Gasteiger charge is -2.08. The summed E-state index contributed by atoms with van der Waals surface area (Å²) in [4.78, 5) is 4.19. The second kappa shape index (κ2) is 8.82. The van der Waals surface area contributed by atoms with Gasteiger partial charge in [0.05, 0.1) is 23.8 Å². The van der Waals surface area contributed by atoms with Gasteiger partial charge in [0.2, 0.25) is 0 Å². The number of rotatable bonds is 9. The van der Waals surface area contributed by atoms with E-state index in [1.807, 2.05) is 12.4 Å². The van der Waals surface area contributed by atoms with E-state index in [2.05, 4.69) is 28.6 Å². The first kappa shape index (κ1) is 13.8. The molecular formula is C13H23N3O. The largest absolute Gasteiger partial charge is 0.385 e. The maximum absolute atomic E-state index is 5.01. The Hall–Kier alpha value is -1.29. The predicted molar refractivity (Wildman–Crippen MR) is 72.6 cm³/mol. The lowest BCUT2D eigenvalue weighted by molar-refractivity contribution is 0.192. The third-order valence-corrected chi connectivity index (χ3v) is 2.47. The predicted octanol–water partition coefficient (Wildman–Crippen LogP) is 2.74. The first-order chi connectivity index (χ1) is 8.36. The average Bonchev–Trinajstić information content (AvgIpc) is 2.35. The second-order valence-corrected chi connectivity index (χ2v) is 3.97. The van der Waals surface area contributed by atoms with Crippen molar-refractivity contribution < 1.29 is 4.74 Å². The summed E-state index contributed by atoms with van der Waals surface area (Å²) in [6.45, 7) is 4.84. The monoisotopic (exact) mass is 237 g/mol. The van der Waals surface area contributed by atoms with E-state index < -0.39 is 0 Å². The Morgan fingerprint density at radius 3 is 2.59 bits per heavy atom. The fourth-order valence-electron chi connectivity index (χ4n) is 1.62. The summed E-state index contributed by atoms with van der Waals surface area (Å²) in [6.07, 6.45) is 7.19. The molecule has 0 aliphatic heterocycles. The van der Waals surface area contributed by atoms with E-state index in [-0.39, 0.29) is 0 Å². The van der Waals surface area contributed by atoms with Crippen LogP contribution in [0.25, 0.3) is 0 Å². The third kappa shape index (κ3) is 6.12. The van der Waals surface area contributed by atoms with Crippen LogP contribution in [0.15, 0.2) is 18.5 Å². The van der Waals surface area contributed by atoms with E-state index in [1.54, 1.807) is 7.11 Å². The molecule has 0 saturated carbocycles. The Labute approximate surface area is 104 Å². The molecule has 0 bridgehead atoms. The number of nitrogens with zero attached hydrogens (tertiary/aromatic N) is 1. The number of pyridine rings is 1. The van der Waals surface area contributed by atoms with Crippen molar-refractivity contribution >= 4 is 11.4 Å². The highest BCUT2D eigenvalue weighted by molar-refractivity contribution is 5.53. The SMILES string of the molecule is CCNc1cncc(NCCCCCOC)c1. The van der Waals surface area contributed by atoms with Gasteiger partial charge in [-0.3, -0.25) is 4.98 Å². The molecule has 0 aromatic carbocycles. The number of hydrogen-bond donors (Lipinski definition) is 2. The molecule has 0 amide bonds. The first-order valence-electron chi connectivity index (χ1n) is 6.28. The lowest BCUT2D eigenvalue weighted by Crippen LogP contribution is -2.04. The minimum absolute atomic E-state index is 0.859. The minimum Gasteiger partial charge on any atom is -0.385 e. The van der Waals surface area contributed by atoms with Crippen molar-refractivity contribution in [3.8, 4) is 0 Å². The van der Waals surface area contributed by atoms with Crippen LogP contribution in [0.2, 0.25) is 0 Å². The molecule has 0 unspecified atom stereocenters. The molecule has 0 aliphatic rings. The Morgan fingerprint density at radius 2 is 1.88 bits per heavy atom. The van der Waals surface area contributed by atoms with Gasteiger partial charge in [-0.25, -0.2) is 0 Å². The van der Waals surface area contributed by atoms with Gasteiger partial charge in [0, 0.05) is 26.8 Å². The van der Waals surface area contributed by atoms with E-state index >= 15 is 0 Å². The maximum Gasteiger partial charge on any atom is 0.0547 e. The quantitative estimate of drug-likeness (QED) is 0.648. The lowest BCUT2D eigenvalue weighted by atomic mass is 10.2. The van der Waals surface area contributed by atoms with Gasteiger partial charge in [0.15, 0.2) is 0 Å². The normalized spacial score (nSPS) is 10.2. The highest BCUT2D eigenvalue weighted by Crippen LogP contribution is 2.12. The molecule has 1 aromatic rings. The summed E-state index contributed by atoms with van der Waals surface area (Å²) >= 11 is 0. The van der Waals surface area contributed by atoms with E-state index in [9.17, 15) is 0 Å². The van der Waals surface area contributed by atoms with Crippen LogP contribution < -0.4 is 10.6 Å². The minimum atomic E-state index is 0.859. The van der Waals surface area contributed by atoms with E-state index in [4.69, 9.17) is 4.74 Å². The zero-order chi connectivity index (χ0) is 12.3. The molecule has 0 fully saturated rings. The van der Waals surface area contributed by atoms with Gasteiger partial charge in [-0.05, 0) is 32.3 Å². The van der Waals surface area contributed by atoms with Crippen molar-refractivity contribution in [3.63, 3.8) is 0 Å². The molecule has 17 heavy (non-hydrogen) atoms. The van der Waals surface area contributed by atoms with Gasteiger partial charge in [-0.1, -0.05) is 0 Å². The zero-order valence-corrected chi connectivity index (χ0v) is 10.8. The molecule has 0 aliphatic carbocycles. The summed E-state index contributed by atoms with van der Waals surface area (Å²) in [7, 11) is 1.75. The van der Waals surface area contributed by atoms with Crippen LogP contribution in [0.1, 0.15) is 26.2 Å². The van der Waals surface area contributed by atoms with E-state index in [0.717, 1.165) is 43.9 Å². The Bertz CT molecular complexity index is 304. The fourth-order valence-corrected chi connectivity index (χ4v) is 1.62. The van der Waals surface area contributed by atoms with Crippen LogP contribution in [0.3, 0.4) is 0 Å². The highest BCUT2D eigenvalue weighted by atomic mass is 16.5. The molecule has 4 heteroatoms. The molecule has 0 radical (unpaired) electrons. The first-order valence-corrected chi connectivity index (χ1v) is 6.28. The van der Waals surface area contributed by atoms with Crippen LogP contribution in [-0.4, -0.2) is 31.8 Å². The summed E-state index contributed by atoms with van der Waals surface area (Å²) < 4.78 is 5.01. The fraction of sp³-hybridized carbons (Fsp3) is 0.615. The van der Waals surface area contributed by atoms with E-state index in [1.165, 1.54) is 6.42 Å². The molecule has 1 rings (SSSR count). The number of unbranched alkanes of at least 4 members (excludes halogenated alkanes) is 2. The van der Waals surface area contributed by atoms with Crippen molar-refractivity contribution in [2.24, 2.45) is 0 Å². The Balaban J connectivity index is 2.19. The third-order valence-electron chi connectivity index (χ3n) is 2.47. The number of methoxy groups -OCH3 is 1. The van der Waals surface area contributed by atoms with Crippen molar-refractivity contribution in [1.82, 2.24) is 4.98 Å². The summed E-state index contributed by atoms with van der Waals surface area (Å²) in [5.74, 6) is 0. The van der Waals surface area contributed by atoms with Gasteiger partial charge in [-0.2, -0.15) is 0 Å². The smallest absolute Gasteiger partial charge is 0.0547 e. The molecule has 1 heterocycles. The summed E-state index contributed by atoms with van der Waals surface area (Å²) in [6, 6.07) is 2.09. The standard InChI is InChI=1S/C13H23N3O/c1-3-15-12-9-13(11-14-10-12)16-7-5-4-6-8-17-2/h9-11,15-16H,3-8H2,1-2H3. The Morgan fingerprint density at radius 1 is 1.12 bits per heavy atom. The molecule has 2 N–H and O–H groups in total. The molecule has 96 valence electrons. The second-order valence-electron chi connectivity index (χ2n) is 3.97. The van der Waals surface area contributed by atoms with E-state index in [0.29, 0.717) is 0 Å². The van der Waals surface area contributed by atoms with Gasteiger partial charge < -0.3 is 15.4 Å². The molecule has 0 atom stereocenters. The van der Waals surface area contributed by atoms with Crippen LogP contribution >= 0.6 is 0 Å². The summed E-state index contributed by atoms with van der Waals surface area (Å²) in [5.41, 5.74) is 2.15. The van der Waals surface area contributed by atoms with Gasteiger partial charge in [0.25, 0.3) is 0 Å². The topological polar surface area (TPSA) is 46.2 Å². The van der Waals surface area contributed by atoms with Crippen molar-refractivity contribution in [2.45, 2.75) is 26.2 Å². The van der Waals surface area contributed by atoms with Crippen LogP contribution in [0.4, 0.5) is 11.4 Å². The zero-order valence-electron chi connectivity index (χ0n) is 10.8. The summed E-state index contributed by atoms with van der Waals surface area (Å²) in [5, 5.41) is 6.62. The van der Waals surface area contributed by atoms with Gasteiger partial charge in [-0.15, -0.1) is 0 Å². The molecule has 1 aromatic heterocycles. The van der Waals surface area contributed by atoms with Gasteiger partial charge in [0.1, 0.15) is 0 Å². The number of nitrogens with one attached hydrogen (secondary N) is 2. The highest BCUT2D eigenvalue weighted by Gasteiger charge is 1.95. The van der Waals surface area contributed by atoms with Crippen molar-refractivity contribution in [3.05, 3.63) is 18.5 Å². The number of hydrogen-bond acceptors (Lipinski definition) is 4. The molecule has 4 nitrogen and oxygen atoms in total. The van der Waals surface area contributed by atoms with Crippen LogP contribution in [-0.2, 0) is 4.74 Å². The van der Waals surface area contributed by atoms with Crippen molar-refractivity contribution in [2.75, 3.05) is 37.4 Å². The Kier molecular flexibility index (Phi) is 7.14. The van der Waals surface area contributed by atoms with Crippen LogP contribution in [0.5, 0.6) is 0 Å². The number of ether oxygens (including phenoxy) is 1. The average molecular weight is 237 g/mol. The number of aromatic nitrogens is 1.